The molecule has 0 aliphatic heterocycles. The monoisotopic (exact) mass is 444 g/mol. The molecular formula is C20H20N4O6S. The maximum absolute atomic E-state index is 12.4. The second-order valence-electron chi connectivity index (χ2n) is 6.01. The topological polar surface area (TPSA) is 130 Å². The van der Waals surface area contributed by atoms with Crippen molar-refractivity contribution in [2.75, 3.05) is 24.3 Å². The maximum atomic E-state index is 12.4. The number of aromatic nitrogens is 2. The van der Waals surface area contributed by atoms with Crippen molar-refractivity contribution in [1.29, 1.82) is 0 Å². The number of para-hydroxylation sites is 1. The Balaban J connectivity index is 1.66. The molecule has 1 heterocycles. The van der Waals surface area contributed by atoms with E-state index in [1.807, 2.05) is 13.8 Å². The Morgan fingerprint density at radius 2 is 1.94 bits per heavy atom. The van der Waals surface area contributed by atoms with E-state index in [9.17, 15) is 14.9 Å². The number of nitro groups is 1. The molecule has 1 N–H and O–H groups in total. The van der Waals surface area contributed by atoms with E-state index in [1.165, 1.54) is 12.1 Å². The summed E-state index contributed by atoms with van der Waals surface area (Å²) in [6, 6.07) is 11.3. The van der Waals surface area contributed by atoms with Crippen LogP contribution in [0.5, 0.6) is 11.5 Å². The first-order valence-corrected chi connectivity index (χ1v) is 10.4. The van der Waals surface area contributed by atoms with Crippen LogP contribution in [0, 0.1) is 10.1 Å². The predicted molar refractivity (Wildman–Crippen MR) is 115 cm³/mol. The van der Waals surface area contributed by atoms with Crippen molar-refractivity contribution in [2.24, 2.45) is 0 Å². The second kappa shape index (κ2) is 10.4. The van der Waals surface area contributed by atoms with Crippen molar-refractivity contribution in [3.05, 3.63) is 52.6 Å². The van der Waals surface area contributed by atoms with Gasteiger partial charge in [0.1, 0.15) is 17.1 Å². The molecule has 3 rings (SSSR count). The van der Waals surface area contributed by atoms with E-state index in [2.05, 4.69) is 15.5 Å². The van der Waals surface area contributed by atoms with E-state index in [-0.39, 0.29) is 34.0 Å². The lowest BCUT2D eigenvalue weighted by Gasteiger charge is -2.13. The minimum atomic E-state index is -0.522. The summed E-state index contributed by atoms with van der Waals surface area (Å²) in [6.07, 6.45) is 0. The molecule has 2 aromatic carbocycles. The molecule has 0 unspecified atom stereocenters. The molecule has 1 aromatic heterocycles. The standard InChI is InChI=1S/C20H20N4O6S/c1-3-28-13-9-10-17(29-4-2)15(11-13)21-18(25)12-31-20-23-22-19(30-20)14-7-5-6-8-16(14)24(26)27/h5-11H,3-4,12H2,1-2H3,(H,21,25). The van der Waals surface area contributed by atoms with Crippen LogP contribution in [0.3, 0.4) is 0 Å². The van der Waals surface area contributed by atoms with Gasteiger partial charge in [-0.2, -0.15) is 0 Å². The van der Waals surface area contributed by atoms with E-state index in [4.69, 9.17) is 13.9 Å². The lowest BCUT2D eigenvalue weighted by Crippen LogP contribution is -2.15. The van der Waals surface area contributed by atoms with E-state index in [0.717, 1.165) is 11.8 Å². The molecule has 0 bridgehead atoms. The minimum Gasteiger partial charge on any atom is -0.494 e. The molecular weight excluding hydrogens is 424 g/mol. The van der Waals surface area contributed by atoms with E-state index >= 15 is 0 Å². The number of nitrogens with zero attached hydrogens (tertiary/aromatic N) is 3. The number of amides is 1. The van der Waals surface area contributed by atoms with Gasteiger partial charge in [-0.3, -0.25) is 14.9 Å². The van der Waals surface area contributed by atoms with Gasteiger partial charge in [-0.1, -0.05) is 23.9 Å². The summed E-state index contributed by atoms with van der Waals surface area (Å²) in [5.41, 5.74) is 0.563. The summed E-state index contributed by atoms with van der Waals surface area (Å²) in [6.45, 7) is 4.66. The zero-order chi connectivity index (χ0) is 22.2. The number of hydrogen-bond acceptors (Lipinski definition) is 9. The lowest BCUT2D eigenvalue weighted by molar-refractivity contribution is -0.384. The molecule has 3 aromatic rings. The van der Waals surface area contributed by atoms with Crippen LogP contribution in [-0.2, 0) is 4.79 Å². The van der Waals surface area contributed by atoms with Crippen LogP contribution in [0.2, 0.25) is 0 Å². The number of thioether (sulfide) groups is 1. The maximum Gasteiger partial charge on any atom is 0.282 e. The second-order valence-corrected chi connectivity index (χ2v) is 6.93. The highest BCUT2D eigenvalue weighted by Crippen LogP contribution is 2.31. The average Bonchev–Trinajstić information content (AvgIpc) is 3.23. The summed E-state index contributed by atoms with van der Waals surface area (Å²) in [4.78, 5) is 23.1. The molecule has 0 aliphatic carbocycles. The van der Waals surface area contributed by atoms with Crippen LogP contribution >= 0.6 is 11.8 Å². The van der Waals surface area contributed by atoms with Crippen LogP contribution in [0.25, 0.3) is 11.5 Å². The van der Waals surface area contributed by atoms with Crippen LogP contribution < -0.4 is 14.8 Å². The predicted octanol–water partition coefficient (Wildman–Crippen LogP) is 4.17. The molecule has 0 saturated carbocycles. The molecule has 0 saturated heterocycles. The summed E-state index contributed by atoms with van der Waals surface area (Å²) in [5, 5.41) is 21.8. The molecule has 0 radical (unpaired) electrons. The Hall–Kier alpha value is -3.60. The highest BCUT2D eigenvalue weighted by atomic mass is 32.2. The highest BCUT2D eigenvalue weighted by molar-refractivity contribution is 7.99. The van der Waals surface area contributed by atoms with Gasteiger partial charge in [-0.15, -0.1) is 10.2 Å². The Morgan fingerprint density at radius 1 is 1.16 bits per heavy atom. The number of rotatable bonds is 10. The third-order valence-corrected chi connectivity index (χ3v) is 4.72. The van der Waals surface area contributed by atoms with Crippen LogP contribution in [-0.4, -0.2) is 40.0 Å². The summed E-state index contributed by atoms with van der Waals surface area (Å²) < 4.78 is 16.5. The lowest BCUT2D eigenvalue weighted by atomic mass is 10.2. The quantitative estimate of drug-likeness (QED) is 0.278. The van der Waals surface area contributed by atoms with Gasteiger partial charge in [0.05, 0.1) is 29.6 Å². The van der Waals surface area contributed by atoms with Gasteiger partial charge in [0, 0.05) is 12.1 Å². The number of hydrogen-bond donors (Lipinski definition) is 1. The zero-order valence-corrected chi connectivity index (χ0v) is 17.7. The molecule has 0 spiro atoms. The van der Waals surface area contributed by atoms with Gasteiger partial charge < -0.3 is 19.2 Å². The fourth-order valence-corrected chi connectivity index (χ4v) is 3.21. The van der Waals surface area contributed by atoms with Crippen molar-refractivity contribution in [1.82, 2.24) is 10.2 Å². The average molecular weight is 444 g/mol. The third-order valence-electron chi connectivity index (χ3n) is 3.90. The van der Waals surface area contributed by atoms with Gasteiger partial charge in [0.15, 0.2) is 0 Å². The molecule has 162 valence electrons. The van der Waals surface area contributed by atoms with Gasteiger partial charge in [0.25, 0.3) is 16.8 Å². The Bertz CT molecular complexity index is 1070. The largest absolute Gasteiger partial charge is 0.494 e. The fraction of sp³-hybridized carbons (Fsp3) is 0.250. The number of carbonyl (C=O) groups is 1. The Kier molecular flexibility index (Phi) is 7.44. The molecule has 31 heavy (non-hydrogen) atoms. The first-order chi connectivity index (χ1) is 15.0. The first-order valence-electron chi connectivity index (χ1n) is 9.41. The molecule has 1 amide bonds. The number of benzene rings is 2. The molecule has 0 aliphatic rings. The first kappa shape index (κ1) is 22.1. The summed E-state index contributed by atoms with van der Waals surface area (Å²) in [7, 11) is 0. The van der Waals surface area contributed by atoms with Gasteiger partial charge in [-0.05, 0) is 32.0 Å². The molecule has 10 nitrogen and oxygen atoms in total. The highest BCUT2D eigenvalue weighted by Gasteiger charge is 2.20. The Labute approximate surface area is 182 Å². The number of ether oxygens (including phenoxy) is 2. The minimum absolute atomic E-state index is 0.0110. The van der Waals surface area contributed by atoms with Gasteiger partial charge in [0.2, 0.25) is 5.91 Å². The van der Waals surface area contributed by atoms with Crippen molar-refractivity contribution < 1.29 is 23.6 Å². The smallest absolute Gasteiger partial charge is 0.282 e. The molecule has 0 atom stereocenters. The van der Waals surface area contributed by atoms with Gasteiger partial charge >= 0.3 is 0 Å². The van der Waals surface area contributed by atoms with Crippen LogP contribution in [0.1, 0.15) is 13.8 Å². The van der Waals surface area contributed by atoms with E-state index in [1.54, 1.807) is 30.3 Å². The van der Waals surface area contributed by atoms with Crippen molar-refractivity contribution in [2.45, 2.75) is 19.1 Å². The van der Waals surface area contributed by atoms with Crippen LogP contribution in [0.15, 0.2) is 52.1 Å². The van der Waals surface area contributed by atoms with Crippen molar-refractivity contribution >= 4 is 29.0 Å². The zero-order valence-electron chi connectivity index (χ0n) is 16.9. The molecule has 11 heteroatoms. The fourth-order valence-electron chi connectivity index (χ4n) is 2.65. The summed E-state index contributed by atoms with van der Waals surface area (Å²) in [5.74, 6) is 0.826. The van der Waals surface area contributed by atoms with E-state index in [0.29, 0.717) is 30.4 Å². The van der Waals surface area contributed by atoms with Gasteiger partial charge in [-0.25, -0.2) is 0 Å². The van der Waals surface area contributed by atoms with Crippen molar-refractivity contribution in [3.8, 4) is 23.0 Å². The number of carbonyl (C=O) groups excluding carboxylic acids is 1. The number of nitrogens with one attached hydrogen (secondary N) is 1. The number of anilines is 1. The van der Waals surface area contributed by atoms with Crippen molar-refractivity contribution in [3.63, 3.8) is 0 Å². The normalized spacial score (nSPS) is 10.5. The molecule has 0 fully saturated rings. The van der Waals surface area contributed by atoms with Crippen LogP contribution in [0.4, 0.5) is 11.4 Å². The third kappa shape index (κ3) is 5.72. The number of nitro benzene ring substituents is 1. The SMILES string of the molecule is CCOc1ccc(OCC)c(NC(=O)CSc2nnc(-c3ccccc3[N+](=O)[O-])o2)c1. The van der Waals surface area contributed by atoms with E-state index < -0.39 is 4.92 Å². The Morgan fingerprint density at radius 3 is 2.68 bits per heavy atom. The summed E-state index contributed by atoms with van der Waals surface area (Å²) >= 11 is 1.02.